The molecule has 0 bridgehead atoms. The minimum atomic E-state index is -0.687. The van der Waals surface area contributed by atoms with Crippen LogP contribution in [0, 0.1) is 13.8 Å². The summed E-state index contributed by atoms with van der Waals surface area (Å²) in [6, 6.07) is 13.4. The van der Waals surface area contributed by atoms with E-state index in [9.17, 15) is 14.4 Å². The maximum absolute atomic E-state index is 12.8. The predicted molar refractivity (Wildman–Crippen MR) is 122 cm³/mol. The van der Waals surface area contributed by atoms with E-state index in [1.165, 1.54) is 24.3 Å². The summed E-state index contributed by atoms with van der Waals surface area (Å²) in [5, 5.41) is 0. The molecule has 0 fully saturated rings. The van der Waals surface area contributed by atoms with Crippen LogP contribution in [0.25, 0.3) is 5.69 Å². The second kappa shape index (κ2) is 9.70. The van der Waals surface area contributed by atoms with E-state index in [-0.39, 0.29) is 12.4 Å². The molecule has 0 atom stereocenters. The summed E-state index contributed by atoms with van der Waals surface area (Å²) in [4.78, 5) is 35.9. The number of carbonyl (C=O) groups is 3. The smallest absolute Gasteiger partial charge is 0.344 e. The standard InChI is InChI=1S/C25H24N2O7/c1-15-11-20(16(2)27(15)18-5-8-22-23(12-18)32-10-9-31-22)21(28)13-34-24(29)14-33-19-6-3-17(4-7-19)25(26)30/h3-8,11-12H,9-10,13-14H2,1-2H3,(H2,26,30). The second-order valence-electron chi connectivity index (χ2n) is 7.71. The zero-order valence-electron chi connectivity index (χ0n) is 18.8. The van der Waals surface area contributed by atoms with E-state index in [1.807, 2.05) is 36.6 Å². The van der Waals surface area contributed by atoms with Crippen LogP contribution in [-0.4, -0.2) is 48.7 Å². The Kier molecular flexibility index (Phi) is 6.53. The molecule has 34 heavy (non-hydrogen) atoms. The number of benzene rings is 2. The van der Waals surface area contributed by atoms with Gasteiger partial charge in [0.25, 0.3) is 0 Å². The molecule has 0 radical (unpaired) electrons. The largest absolute Gasteiger partial charge is 0.486 e. The predicted octanol–water partition coefficient (Wildman–Crippen LogP) is 2.77. The number of hydrogen-bond donors (Lipinski definition) is 1. The summed E-state index contributed by atoms with van der Waals surface area (Å²) in [5.41, 5.74) is 8.39. The zero-order chi connectivity index (χ0) is 24.2. The van der Waals surface area contributed by atoms with E-state index >= 15 is 0 Å². The Bertz CT molecular complexity index is 1240. The van der Waals surface area contributed by atoms with Crippen LogP contribution in [0.1, 0.15) is 32.1 Å². The van der Waals surface area contributed by atoms with Crippen LogP contribution >= 0.6 is 0 Å². The number of aryl methyl sites for hydroxylation is 1. The van der Waals surface area contributed by atoms with Crippen molar-refractivity contribution in [3.05, 3.63) is 71.0 Å². The Labute approximate surface area is 196 Å². The summed E-state index contributed by atoms with van der Waals surface area (Å²) >= 11 is 0. The number of rotatable bonds is 8. The van der Waals surface area contributed by atoms with Gasteiger partial charge in [0.2, 0.25) is 11.7 Å². The number of primary amides is 1. The Morgan fingerprint density at radius 3 is 2.35 bits per heavy atom. The van der Waals surface area contributed by atoms with E-state index in [0.717, 1.165) is 17.1 Å². The Morgan fingerprint density at radius 2 is 1.65 bits per heavy atom. The maximum atomic E-state index is 12.8. The molecular formula is C25H24N2O7. The molecule has 1 aliphatic heterocycles. The zero-order valence-corrected chi connectivity index (χ0v) is 18.8. The Morgan fingerprint density at radius 1 is 0.941 bits per heavy atom. The van der Waals surface area contributed by atoms with Gasteiger partial charge in [-0.1, -0.05) is 0 Å². The van der Waals surface area contributed by atoms with E-state index in [0.29, 0.717) is 41.6 Å². The number of Topliss-reactive ketones (excluding diaryl/α,β-unsaturated/α-hetero) is 1. The molecule has 1 aliphatic rings. The first kappa shape index (κ1) is 22.9. The van der Waals surface area contributed by atoms with Crippen molar-refractivity contribution >= 4 is 17.7 Å². The van der Waals surface area contributed by atoms with Crippen molar-refractivity contribution in [3.63, 3.8) is 0 Å². The molecule has 3 aromatic rings. The highest BCUT2D eigenvalue weighted by atomic mass is 16.6. The minimum Gasteiger partial charge on any atom is -0.486 e. The summed E-state index contributed by atoms with van der Waals surface area (Å²) in [7, 11) is 0. The molecule has 4 rings (SSSR count). The molecule has 176 valence electrons. The highest BCUT2D eigenvalue weighted by molar-refractivity contribution is 5.99. The van der Waals surface area contributed by atoms with Crippen LogP contribution in [0.5, 0.6) is 17.2 Å². The lowest BCUT2D eigenvalue weighted by atomic mass is 10.1. The van der Waals surface area contributed by atoms with Gasteiger partial charge in [0.15, 0.2) is 24.7 Å². The van der Waals surface area contributed by atoms with Crippen molar-refractivity contribution < 1.29 is 33.3 Å². The van der Waals surface area contributed by atoms with Gasteiger partial charge in [-0.25, -0.2) is 4.79 Å². The van der Waals surface area contributed by atoms with Crippen molar-refractivity contribution in [2.75, 3.05) is 26.4 Å². The molecule has 0 saturated heterocycles. The van der Waals surface area contributed by atoms with Gasteiger partial charge in [-0.3, -0.25) is 9.59 Å². The van der Waals surface area contributed by atoms with Crippen LogP contribution in [0.4, 0.5) is 0 Å². The average molecular weight is 464 g/mol. The first-order valence-electron chi connectivity index (χ1n) is 10.6. The van der Waals surface area contributed by atoms with Gasteiger partial charge in [-0.15, -0.1) is 0 Å². The van der Waals surface area contributed by atoms with Crippen LogP contribution in [0.3, 0.4) is 0 Å². The maximum Gasteiger partial charge on any atom is 0.344 e. The summed E-state index contributed by atoms with van der Waals surface area (Å²) in [5.74, 6) is 0.145. The van der Waals surface area contributed by atoms with Crippen LogP contribution < -0.4 is 19.9 Å². The van der Waals surface area contributed by atoms with Gasteiger partial charge in [-0.05, 0) is 56.3 Å². The number of nitrogens with zero attached hydrogens (tertiary/aromatic N) is 1. The van der Waals surface area contributed by atoms with Crippen molar-refractivity contribution in [2.24, 2.45) is 5.73 Å². The lowest BCUT2D eigenvalue weighted by molar-refractivity contribution is -0.144. The molecule has 1 amide bonds. The van der Waals surface area contributed by atoms with Gasteiger partial charge in [0.1, 0.15) is 19.0 Å². The number of fused-ring (bicyclic) bond motifs is 1. The summed E-state index contributed by atoms with van der Waals surface area (Å²) < 4.78 is 23.6. The monoisotopic (exact) mass is 464 g/mol. The number of carbonyl (C=O) groups excluding carboxylic acids is 3. The SMILES string of the molecule is Cc1cc(C(=O)COC(=O)COc2ccc(C(N)=O)cc2)c(C)n1-c1ccc2c(c1)OCCO2. The second-order valence-corrected chi connectivity index (χ2v) is 7.71. The normalized spacial score (nSPS) is 12.2. The minimum absolute atomic E-state index is 0.323. The number of esters is 1. The van der Waals surface area contributed by atoms with Crippen molar-refractivity contribution in [1.82, 2.24) is 4.57 Å². The average Bonchev–Trinajstić information content (AvgIpc) is 3.14. The number of aromatic nitrogens is 1. The van der Waals surface area contributed by atoms with Crippen molar-refractivity contribution in [2.45, 2.75) is 13.8 Å². The molecule has 0 saturated carbocycles. The van der Waals surface area contributed by atoms with E-state index in [1.54, 1.807) is 6.07 Å². The van der Waals surface area contributed by atoms with Crippen LogP contribution in [0.15, 0.2) is 48.5 Å². The van der Waals surface area contributed by atoms with E-state index in [4.69, 9.17) is 24.7 Å². The number of ketones is 1. The Hall–Kier alpha value is -4.27. The highest BCUT2D eigenvalue weighted by Gasteiger charge is 2.20. The third-order valence-electron chi connectivity index (χ3n) is 5.38. The fraction of sp³-hybridized carbons (Fsp3) is 0.240. The number of ether oxygens (including phenoxy) is 4. The van der Waals surface area contributed by atoms with Gasteiger partial charge < -0.3 is 29.2 Å². The first-order chi connectivity index (χ1) is 16.3. The van der Waals surface area contributed by atoms with Crippen LogP contribution in [0.2, 0.25) is 0 Å². The van der Waals surface area contributed by atoms with Crippen molar-refractivity contribution in [3.8, 4) is 22.9 Å². The quantitative estimate of drug-likeness (QED) is 0.402. The molecule has 9 heteroatoms. The van der Waals surface area contributed by atoms with Gasteiger partial charge in [-0.2, -0.15) is 0 Å². The van der Waals surface area contributed by atoms with Crippen molar-refractivity contribution in [1.29, 1.82) is 0 Å². The molecule has 2 aromatic carbocycles. The van der Waals surface area contributed by atoms with E-state index < -0.39 is 18.5 Å². The fourth-order valence-electron chi connectivity index (χ4n) is 3.74. The molecule has 9 nitrogen and oxygen atoms in total. The van der Waals surface area contributed by atoms with E-state index in [2.05, 4.69) is 0 Å². The summed E-state index contributed by atoms with van der Waals surface area (Å²) in [6.45, 7) is 3.94. The topological polar surface area (TPSA) is 119 Å². The highest BCUT2D eigenvalue weighted by Crippen LogP contribution is 2.33. The number of hydrogen-bond acceptors (Lipinski definition) is 7. The van der Waals surface area contributed by atoms with Gasteiger partial charge in [0, 0.05) is 34.3 Å². The van der Waals surface area contributed by atoms with Gasteiger partial charge in [0.05, 0.1) is 0 Å². The first-order valence-corrected chi connectivity index (χ1v) is 10.6. The third kappa shape index (κ3) is 4.88. The molecular weight excluding hydrogens is 440 g/mol. The Balaban J connectivity index is 1.37. The lowest BCUT2D eigenvalue weighted by Gasteiger charge is -2.20. The number of amides is 1. The molecule has 0 spiro atoms. The van der Waals surface area contributed by atoms with Crippen LogP contribution in [-0.2, 0) is 9.53 Å². The lowest BCUT2D eigenvalue weighted by Crippen LogP contribution is -2.20. The molecule has 2 heterocycles. The fourth-order valence-corrected chi connectivity index (χ4v) is 3.74. The molecule has 2 N–H and O–H groups in total. The summed E-state index contributed by atoms with van der Waals surface area (Å²) in [6.07, 6.45) is 0. The number of nitrogens with two attached hydrogens (primary N) is 1. The third-order valence-corrected chi connectivity index (χ3v) is 5.38. The molecule has 1 aromatic heterocycles. The molecule has 0 aliphatic carbocycles. The molecule has 0 unspecified atom stereocenters. The van der Waals surface area contributed by atoms with Gasteiger partial charge >= 0.3 is 5.97 Å².